The van der Waals surface area contributed by atoms with Gasteiger partial charge in [0.05, 0.1) is 0 Å². The number of aryl methyl sites for hydroxylation is 2. The van der Waals surface area contributed by atoms with Crippen molar-refractivity contribution in [2.45, 2.75) is 58.4 Å². The van der Waals surface area contributed by atoms with Gasteiger partial charge in [0, 0.05) is 12.6 Å². The quantitative estimate of drug-likeness (QED) is 0.781. The fourth-order valence-electron chi connectivity index (χ4n) is 3.61. The van der Waals surface area contributed by atoms with E-state index in [0.717, 1.165) is 17.9 Å². The average Bonchev–Trinajstić information content (AvgIpc) is 3.19. The van der Waals surface area contributed by atoms with Gasteiger partial charge in [-0.2, -0.15) is 0 Å². The van der Waals surface area contributed by atoms with E-state index in [9.17, 15) is 0 Å². The van der Waals surface area contributed by atoms with Gasteiger partial charge in [-0.1, -0.05) is 23.8 Å². The Kier molecular flexibility index (Phi) is 3.66. The summed E-state index contributed by atoms with van der Waals surface area (Å²) < 4.78 is 0. The number of benzene rings is 1. The number of hydrogen-bond donors (Lipinski definition) is 0. The third kappa shape index (κ3) is 3.02. The predicted octanol–water partition coefficient (Wildman–Crippen LogP) is 4.28. The van der Waals surface area contributed by atoms with E-state index in [4.69, 9.17) is 0 Å². The molecule has 2 fully saturated rings. The monoisotopic (exact) mass is 257 g/mol. The van der Waals surface area contributed by atoms with E-state index in [-0.39, 0.29) is 0 Å². The second-order valence-electron chi connectivity index (χ2n) is 6.87. The smallest absolute Gasteiger partial charge is 0.00728 e. The minimum Gasteiger partial charge on any atom is -0.300 e. The van der Waals surface area contributed by atoms with Crippen molar-refractivity contribution in [3.8, 4) is 0 Å². The van der Waals surface area contributed by atoms with Crippen molar-refractivity contribution in [1.82, 2.24) is 4.90 Å². The van der Waals surface area contributed by atoms with E-state index in [1.165, 1.54) is 49.9 Å². The molecule has 1 saturated carbocycles. The van der Waals surface area contributed by atoms with E-state index in [1.54, 1.807) is 5.56 Å². The molecule has 104 valence electrons. The summed E-state index contributed by atoms with van der Waals surface area (Å²) >= 11 is 0. The first-order chi connectivity index (χ1) is 9.13. The van der Waals surface area contributed by atoms with E-state index >= 15 is 0 Å². The first-order valence-electron chi connectivity index (χ1n) is 7.94. The fourth-order valence-corrected chi connectivity index (χ4v) is 3.61. The molecule has 2 atom stereocenters. The molecule has 2 unspecified atom stereocenters. The summed E-state index contributed by atoms with van der Waals surface area (Å²) in [6.07, 6.45) is 5.64. The maximum atomic E-state index is 2.74. The van der Waals surface area contributed by atoms with Crippen molar-refractivity contribution < 1.29 is 0 Å². The van der Waals surface area contributed by atoms with Crippen LogP contribution in [0.25, 0.3) is 0 Å². The standard InChI is InChI=1S/C18H27N/c1-13-4-5-14(2)18(10-13)17-8-9-19(15(3)11-17)12-16-6-7-16/h4-5,10,15-17H,6-9,11-12H2,1-3H3. The van der Waals surface area contributed by atoms with Crippen LogP contribution < -0.4 is 0 Å². The van der Waals surface area contributed by atoms with Gasteiger partial charge in [0.2, 0.25) is 0 Å². The molecule has 1 aliphatic carbocycles. The largest absolute Gasteiger partial charge is 0.300 e. The van der Waals surface area contributed by atoms with Crippen molar-refractivity contribution in [3.63, 3.8) is 0 Å². The molecule has 0 amide bonds. The predicted molar refractivity (Wildman–Crippen MR) is 81.7 cm³/mol. The Balaban J connectivity index is 1.68. The molecular formula is C18H27N. The third-order valence-electron chi connectivity index (χ3n) is 5.08. The molecule has 1 aliphatic heterocycles. The van der Waals surface area contributed by atoms with Gasteiger partial charge >= 0.3 is 0 Å². The molecule has 0 radical (unpaired) electrons. The highest BCUT2D eigenvalue weighted by Crippen LogP contribution is 2.36. The van der Waals surface area contributed by atoms with Crippen LogP contribution in [-0.2, 0) is 0 Å². The maximum absolute atomic E-state index is 2.74. The summed E-state index contributed by atoms with van der Waals surface area (Å²) in [6, 6.07) is 7.72. The Labute approximate surface area is 118 Å². The van der Waals surface area contributed by atoms with E-state index in [2.05, 4.69) is 43.9 Å². The Bertz CT molecular complexity index is 447. The molecule has 0 spiro atoms. The summed E-state index contributed by atoms with van der Waals surface area (Å²) in [4.78, 5) is 2.74. The lowest BCUT2D eigenvalue weighted by molar-refractivity contribution is 0.140. The van der Waals surface area contributed by atoms with Crippen LogP contribution >= 0.6 is 0 Å². The summed E-state index contributed by atoms with van der Waals surface area (Å²) in [7, 11) is 0. The number of likely N-dealkylation sites (tertiary alicyclic amines) is 1. The molecule has 1 heteroatoms. The first kappa shape index (κ1) is 13.2. The highest BCUT2D eigenvalue weighted by Gasteiger charge is 2.31. The third-order valence-corrected chi connectivity index (χ3v) is 5.08. The van der Waals surface area contributed by atoms with Crippen LogP contribution in [-0.4, -0.2) is 24.0 Å². The Morgan fingerprint density at radius 1 is 1.16 bits per heavy atom. The lowest BCUT2D eigenvalue weighted by Crippen LogP contribution is -2.41. The molecule has 1 aromatic carbocycles. The zero-order chi connectivity index (χ0) is 13.4. The zero-order valence-corrected chi connectivity index (χ0v) is 12.7. The van der Waals surface area contributed by atoms with E-state index < -0.39 is 0 Å². The Morgan fingerprint density at radius 2 is 1.95 bits per heavy atom. The minimum atomic E-state index is 0.763. The molecule has 0 bridgehead atoms. The zero-order valence-electron chi connectivity index (χ0n) is 12.7. The van der Waals surface area contributed by atoms with Gasteiger partial charge in [0.25, 0.3) is 0 Å². The topological polar surface area (TPSA) is 3.24 Å². The van der Waals surface area contributed by atoms with Crippen LogP contribution in [0.2, 0.25) is 0 Å². The summed E-state index contributed by atoms with van der Waals surface area (Å²) in [6.45, 7) is 9.58. The molecule has 1 saturated heterocycles. The number of hydrogen-bond acceptors (Lipinski definition) is 1. The number of rotatable bonds is 3. The summed E-state index contributed by atoms with van der Waals surface area (Å²) in [5.74, 6) is 1.81. The molecule has 0 aromatic heterocycles. The minimum absolute atomic E-state index is 0.763. The molecule has 19 heavy (non-hydrogen) atoms. The van der Waals surface area contributed by atoms with E-state index in [1.807, 2.05) is 0 Å². The van der Waals surface area contributed by atoms with Gasteiger partial charge in [0.15, 0.2) is 0 Å². The van der Waals surface area contributed by atoms with Crippen LogP contribution in [0.15, 0.2) is 18.2 Å². The van der Waals surface area contributed by atoms with Crippen molar-refractivity contribution in [3.05, 3.63) is 34.9 Å². The Hall–Kier alpha value is -0.820. The maximum Gasteiger partial charge on any atom is 0.00728 e. The van der Waals surface area contributed by atoms with Gasteiger partial charge in [-0.15, -0.1) is 0 Å². The van der Waals surface area contributed by atoms with Gasteiger partial charge in [0.1, 0.15) is 0 Å². The lowest BCUT2D eigenvalue weighted by atomic mass is 9.83. The molecule has 3 rings (SSSR count). The van der Waals surface area contributed by atoms with Crippen molar-refractivity contribution >= 4 is 0 Å². The molecule has 1 nitrogen and oxygen atoms in total. The second-order valence-corrected chi connectivity index (χ2v) is 6.87. The highest BCUT2D eigenvalue weighted by molar-refractivity contribution is 5.33. The first-order valence-corrected chi connectivity index (χ1v) is 7.94. The van der Waals surface area contributed by atoms with Crippen LogP contribution in [0.1, 0.15) is 55.2 Å². The SMILES string of the molecule is Cc1ccc(C)c(C2CCN(CC3CC3)C(C)C2)c1. The van der Waals surface area contributed by atoms with Crippen molar-refractivity contribution in [1.29, 1.82) is 0 Å². The second kappa shape index (κ2) is 5.28. The van der Waals surface area contributed by atoms with E-state index in [0.29, 0.717) is 0 Å². The molecule has 1 aromatic rings. The van der Waals surface area contributed by atoms with Crippen molar-refractivity contribution in [2.75, 3.05) is 13.1 Å². The molecular weight excluding hydrogens is 230 g/mol. The lowest BCUT2D eigenvalue weighted by Gasteiger charge is -2.38. The van der Waals surface area contributed by atoms with Gasteiger partial charge < -0.3 is 4.90 Å². The fraction of sp³-hybridized carbons (Fsp3) is 0.667. The van der Waals surface area contributed by atoms with Crippen LogP contribution in [0.3, 0.4) is 0 Å². The molecule has 2 aliphatic rings. The van der Waals surface area contributed by atoms with Crippen LogP contribution in [0.5, 0.6) is 0 Å². The van der Waals surface area contributed by atoms with Crippen LogP contribution in [0, 0.1) is 19.8 Å². The molecule has 1 heterocycles. The summed E-state index contributed by atoms with van der Waals surface area (Å²) in [5.41, 5.74) is 4.50. The normalized spacial score (nSPS) is 28.6. The summed E-state index contributed by atoms with van der Waals surface area (Å²) in [5, 5.41) is 0. The highest BCUT2D eigenvalue weighted by atomic mass is 15.2. The van der Waals surface area contributed by atoms with Gasteiger partial charge in [-0.05, 0) is 76.0 Å². The van der Waals surface area contributed by atoms with Crippen LogP contribution in [0.4, 0.5) is 0 Å². The molecule has 0 N–H and O–H groups in total. The average molecular weight is 257 g/mol. The Morgan fingerprint density at radius 3 is 2.63 bits per heavy atom. The number of piperidine rings is 1. The van der Waals surface area contributed by atoms with Gasteiger partial charge in [-0.3, -0.25) is 0 Å². The number of nitrogens with zero attached hydrogens (tertiary/aromatic N) is 1. The van der Waals surface area contributed by atoms with Crippen molar-refractivity contribution in [2.24, 2.45) is 5.92 Å². The van der Waals surface area contributed by atoms with Gasteiger partial charge in [-0.25, -0.2) is 0 Å².